The van der Waals surface area contributed by atoms with E-state index in [-0.39, 0.29) is 41.5 Å². The van der Waals surface area contributed by atoms with E-state index in [1.807, 2.05) is 73.0 Å². The molecule has 3 heterocycles. The second-order valence-electron chi connectivity index (χ2n) is 12.1. The number of benzene rings is 2. The molecule has 2 aromatic carbocycles. The Morgan fingerprint density at radius 1 is 1.03 bits per heavy atom. The van der Waals surface area contributed by atoms with Crippen LogP contribution < -0.4 is 0 Å². The summed E-state index contributed by atoms with van der Waals surface area (Å²) in [6.45, 7) is 9.19. The number of imidazole rings is 1. The Bertz CT molecular complexity index is 1460. The van der Waals surface area contributed by atoms with E-state index in [0.717, 1.165) is 28.6 Å². The fourth-order valence-electron chi connectivity index (χ4n) is 6.37. The standard InChI is InChI=1S/C31H34N4O3/c1-18-8-7-9-19-12-20(13-23(18)19)27(36)15-24(31(2,3)4)29(37)34-16-22-14-21(34)17-35(22)30(38)28-32-25-10-5-6-11-26(25)33-28/h5-12,21-22,24H,13-17H2,1-4H3,(H,32,33)/t21-,22-,24+/m0/s1. The summed E-state index contributed by atoms with van der Waals surface area (Å²) in [5.74, 6) is -0.108. The molecule has 7 heteroatoms. The van der Waals surface area contributed by atoms with E-state index in [1.165, 1.54) is 11.1 Å². The molecule has 0 unspecified atom stereocenters. The summed E-state index contributed by atoms with van der Waals surface area (Å²) < 4.78 is 0. The molecule has 0 radical (unpaired) electrons. The lowest BCUT2D eigenvalue weighted by Crippen LogP contribution is -2.53. The molecule has 196 valence electrons. The zero-order chi connectivity index (χ0) is 26.8. The van der Waals surface area contributed by atoms with Crippen molar-refractivity contribution in [3.8, 4) is 0 Å². The molecule has 38 heavy (non-hydrogen) atoms. The first-order valence-electron chi connectivity index (χ1n) is 13.5. The minimum Gasteiger partial charge on any atom is -0.336 e. The van der Waals surface area contributed by atoms with Crippen molar-refractivity contribution in [2.24, 2.45) is 11.3 Å². The summed E-state index contributed by atoms with van der Waals surface area (Å²) in [7, 11) is 0. The highest BCUT2D eigenvalue weighted by Crippen LogP contribution is 2.38. The Labute approximate surface area is 222 Å². The number of nitrogens with zero attached hydrogens (tertiary/aromatic N) is 3. The van der Waals surface area contributed by atoms with Crippen LogP contribution in [-0.4, -0.2) is 62.5 Å². The SMILES string of the molecule is Cc1cccc2c1CC(C(=O)C[C@H](C(=O)N1C[C@@H]3C[C@H]1CN3C(=O)c1nc3ccccc3[nH]1)C(C)(C)C)=C2. The highest BCUT2D eigenvalue weighted by Gasteiger charge is 2.50. The van der Waals surface area contributed by atoms with Crippen molar-refractivity contribution in [2.45, 2.75) is 59.0 Å². The van der Waals surface area contributed by atoms with Crippen LogP contribution in [0.15, 0.2) is 48.0 Å². The van der Waals surface area contributed by atoms with Gasteiger partial charge in [-0.15, -0.1) is 0 Å². The number of ketones is 1. The van der Waals surface area contributed by atoms with Crippen LogP contribution in [0.2, 0.25) is 0 Å². The van der Waals surface area contributed by atoms with Gasteiger partial charge in [0.05, 0.1) is 29.0 Å². The summed E-state index contributed by atoms with van der Waals surface area (Å²) >= 11 is 0. The van der Waals surface area contributed by atoms with Crippen LogP contribution in [-0.2, 0) is 16.0 Å². The smallest absolute Gasteiger partial charge is 0.290 e. The number of Topliss-reactive ketones (excluding diaryl/α,β-unsaturated/α-hetero) is 1. The van der Waals surface area contributed by atoms with Gasteiger partial charge in [0.1, 0.15) is 0 Å². The van der Waals surface area contributed by atoms with E-state index in [9.17, 15) is 14.4 Å². The lowest BCUT2D eigenvalue weighted by atomic mass is 9.76. The fraction of sp³-hybridized carbons (Fsp3) is 0.419. The predicted molar refractivity (Wildman–Crippen MR) is 146 cm³/mol. The summed E-state index contributed by atoms with van der Waals surface area (Å²) in [5.41, 5.74) is 5.55. The van der Waals surface area contributed by atoms with Crippen LogP contribution in [0.1, 0.15) is 60.9 Å². The molecule has 2 fully saturated rings. The monoisotopic (exact) mass is 510 g/mol. The minimum atomic E-state index is -0.417. The van der Waals surface area contributed by atoms with Crippen molar-refractivity contribution in [3.63, 3.8) is 0 Å². The van der Waals surface area contributed by atoms with Crippen molar-refractivity contribution < 1.29 is 14.4 Å². The third-order valence-electron chi connectivity index (χ3n) is 8.61. The number of piperazine rings is 1. The maximum Gasteiger partial charge on any atom is 0.290 e. The quantitative estimate of drug-likeness (QED) is 0.545. The zero-order valence-corrected chi connectivity index (χ0v) is 22.5. The second-order valence-corrected chi connectivity index (χ2v) is 12.1. The van der Waals surface area contributed by atoms with Gasteiger partial charge in [-0.1, -0.05) is 51.1 Å². The molecule has 3 aliphatic rings. The number of para-hydroxylation sites is 2. The number of allylic oxidation sites excluding steroid dienone is 1. The van der Waals surface area contributed by atoms with E-state index in [0.29, 0.717) is 25.3 Å². The van der Waals surface area contributed by atoms with Crippen molar-refractivity contribution in [3.05, 3.63) is 70.6 Å². The molecule has 1 aliphatic carbocycles. The van der Waals surface area contributed by atoms with Gasteiger partial charge in [0, 0.05) is 31.5 Å². The lowest BCUT2D eigenvalue weighted by molar-refractivity contribution is -0.143. The van der Waals surface area contributed by atoms with Crippen LogP contribution in [0.25, 0.3) is 17.1 Å². The molecule has 1 aromatic heterocycles. The van der Waals surface area contributed by atoms with Gasteiger partial charge in [-0.2, -0.15) is 0 Å². The minimum absolute atomic E-state index is 0.0291. The molecule has 3 atom stereocenters. The first kappa shape index (κ1) is 24.6. The Balaban J connectivity index is 1.15. The van der Waals surface area contributed by atoms with Gasteiger partial charge in [-0.05, 0) is 53.7 Å². The number of nitrogens with one attached hydrogen (secondary N) is 1. The van der Waals surface area contributed by atoms with E-state index in [1.54, 1.807) is 0 Å². The highest BCUT2D eigenvalue weighted by molar-refractivity contribution is 6.04. The number of carbonyl (C=O) groups excluding carboxylic acids is 3. The molecule has 2 bridgehead atoms. The van der Waals surface area contributed by atoms with Gasteiger partial charge in [-0.3, -0.25) is 14.4 Å². The average Bonchev–Trinajstić information content (AvgIpc) is 3.67. The fourth-order valence-corrected chi connectivity index (χ4v) is 6.37. The summed E-state index contributed by atoms with van der Waals surface area (Å²) in [5, 5.41) is 0. The molecular weight excluding hydrogens is 476 g/mol. The van der Waals surface area contributed by atoms with Crippen molar-refractivity contribution >= 4 is 34.7 Å². The Morgan fingerprint density at radius 2 is 1.76 bits per heavy atom. The van der Waals surface area contributed by atoms with Crippen LogP contribution in [0.5, 0.6) is 0 Å². The number of fused-ring (bicyclic) bond motifs is 4. The van der Waals surface area contributed by atoms with Crippen LogP contribution in [0, 0.1) is 18.3 Å². The lowest BCUT2D eigenvalue weighted by Gasteiger charge is -2.38. The molecule has 0 saturated carbocycles. The average molecular weight is 511 g/mol. The number of amides is 2. The number of carbonyl (C=O) groups is 3. The molecule has 3 aromatic rings. The topological polar surface area (TPSA) is 86.4 Å². The highest BCUT2D eigenvalue weighted by atomic mass is 16.2. The van der Waals surface area contributed by atoms with Crippen molar-refractivity contribution in [2.75, 3.05) is 13.1 Å². The first-order valence-corrected chi connectivity index (χ1v) is 13.5. The molecule has 0 spiro atoms. The number of aromatic nitrogens is 2. The molecule has 7 nitrogen and oxygen atoms in total. The van der Waals surface area contributed by atoms with E-state index in [2.05, 4.69) is 23.0 Å². The summed E-state index contributed by atoms with van der Waals surface area (Å²) in [6, 6.07) is 13.7. The number of hydrogen-bond donors (Lipinski definition) is 1. The van der Waals surface area contributed by atoms with E-state index in [4.69, 9.17) is 0 Å². The molecular formula is C31H34N4O3. The van der Waals surface area contributed by atoms with Gasteiger partial charge in [-0.25, -0.2) is 4.98 Å². The number of likely N-dealkylation sites (tertiary alicyclic amines) is 2. The maximum atomic E-state index is 13.9. The van der Waals surface area contributed by atoms with Crippen LogP contribution >= 0.6 is 0 Å². The molecule has 1 N–H and O–H groups in total. The first-order chi connectivity index (χ1) is 18.1. The number of aryl methyl sites for hydroxylation is 1. The van der Waals surface area contributed by atoms with Crippen LogP contribution in [0.4, 0.5) is 0 Å². The van der Waals surface area contributed by atoms with Gasteiger partial charge >= 0.3 is 0 Å². The Hall–Kier alpha value is -3.74. The number of hydrogen-bond acceptors (Lipinski definition) is 4. The molecule has 2 saturated heterocycles. The molecule has 2 aliphatic heterocycles. The summed E-state index contributed by atoms with van der Waals surface area (Å²) in [4.78, 5) is 52.0. The third-order valence-corrected chi connectivity index (χ3v) is 8.61. The maximum absolute atomic E-state index is 13.9. The van der Waals surface area contributed by atoms with Gasteiger partial charge in [0.2, 0.25) is 5.91 Å². The van der Waals surface area contributed by atoms with Gasteiger partial charge < -0.3 is 14.8 Å². The molecule has 6 rings (SSSR count). The van der Waals surface area contributed by atoms with E-state index >= 15 is 0 Å². The number of rotatable bonds is 5. The zero-order valence-electron chi connectivity index (χ0n) is 22.5. The van der Waals surface area contributed by atoms with Crippen LogP contribution in [0.3, 0.4) is 0 Å². The van der Waals surface area contributed by atoms with Crippen molar-refractivity contribution in [1.29, 1.82) is 0 Å². The normalized spacial score (nSPS) is 21.1. The Morgan fingerprint density at radius 3 is 2.45 bits per heavy atom. The van der Waals surface area contributed by atoms with E-state index < -0.39 is 5.92 Å². The third kappa shape index (κ3) is 4.14. The Kier molecular flexibility index (Phi) is 5.78. The van der Waals surface area contributed by atoms with Crippen molar-refractivity contribution in [1.82, 2.24) is 19.8 Å². The largest absolute Gasteiger partial charge is 0.336 e. The summed E-state index contributed by atoms with van der Waals surface area (Å²) in [6.07, 6.45) is 3.60. The molecule has 2 amide bonds. The van der Waals surface area contributed by atoms with Gasteiger partial charge in [0.15, 0.2) is 11.6 Å². The van der Waals surface area contributed by atoms with Gasteiger partial charge in [0.25, 0.3) is 5.91 Å². The second kappa shape index (κ2) is 8.93. The number of aromatic amines is 1. The predicted octanol–water partition coefficient (Wildman–Crippen LogP) is 4.56. The number of H-pyrrole nitrogens is 1.